The molecule has 2 heterocycles. The number of likely N-dealkylation sites (tertiary alicyclic amines) is 1. The van der Waals surface area contributed by atoms with Gasteiger partial charge in [0.05, 0.1) is 6.54 Å². The third kappa shape index (κ3) is 2.51. The van der Waals surface area contributed by atoms with Gasteiger partial charge in [-0.25, -0.2) is 4.98 Å². The van der Waals surface area contributed by atoms with Crippen LogP contribution in [0.1, 0.15) is 19.8 Å². The lowest BCUT2D eigenvalue weighted by Crippen LogP contribution is -2.50. The second-order valence-corrected chi connectivity index (χ2v) is 5.38. The summed E-state index contributed by atoms with van der Waals surface area (Å²) in [7, 11) is 0. The summed E-state index contributed by atoms with van der Waals surface area (Å²) in [4.78, 5) is 28.7. The van der Waals surface area contributed by atoms with Gasteiger partial charge in [-0.1, -0.05) is 0 Å². The number of carboxylic acid groups (broad SMARTS) is 1. The lowest BCUT2D eigenvalue weighted by atomic mass is 9.99. The van der Waals surface area contributed by atoms with E-state index in [0.717, 1.165) is 6.42 Å². The number of nitrogens with zero attached hydrogens (tertiary/aromatic N) is 2. The van der Waals surface area contributed by atoms with Gasteiger partial charge in [-0.05, 0) is 26.3 Å². The predicted octanol–water partition coefficient (Wildman–Crippen LogP) is 1.02. The molecule has 0 aliphatic carbocycles. The third-order valence-corrected chi connectivity index (χ3v) is 3.95. The third-order valence-electron chi connectivity index (χ3n) is 3.26. The van der Waals surface area contributed by atoms with Gasteiger partial charge in [0, 0.05) is 11.6 Å². The van der Waals surface area contributed by atoms with Gasteiger partial charge in [-0.3, -0.25) is 14.5 Å². The molecule has 2 rings (SSSR count). The monoisotopic (exact) mass is 269 g/mol. The van der Waals surface area contributed by atoms with Gasteiger partial charge in [-0.2, -0.15) is 0 Å². The number of carbonyl (C=O) groups excluding carboxylic acids is 1. The molecule has 1 aliphatic heterocycles. The lowest BCUT2D eigenvalue weighted by molar-refractivity contribution is -0.149. The van der Waals surface area contributed by atoms with Crippen molar-refractivity contribution in [2.45, 2.75) is 25.3 Å². The molecule has 0 saturated carbocycles. The Kier molecular flexibility index (Phi) is 3.63. The first-order chi connectivity index (χ1) is 8.52. The number of thiazole rings is 1. The number of aliphatic carboxylic acids is 1. The van der Waals surface area contributed by atoms with E-state index >= 15 is 0 Å². The molecule has 1 atom stereocenters. The number of rotatable bonds is 4. The largest absolute Gasteiger partial charge is 0.480 e. The van der Waals surface area contributed by atoms with Gasteiger partial charge in [-0.15, -0.1) is 11.3 Å². The van der Waals surface area contributed by atoms with Crippen molar-refractivity contribution in [1.82, 2.24) is 9.88 Å². The summed E-state index contributed by atoms with van der Waals surface area (Å²) >= 11 is 1.34. The summed E-state index contributed by atoms with van der Waals surface area (Å²) < 4.78 is 0. The smallest absolute Gasteiger partial charge is 0.323 e. The van der Waals surface area contributed by atoms with Crippen LogP contribution >= 0.6 is 11.3 Å². The van der Waals surface area contributed by atoms with Crippen LogP contribution in [0.3, 0.4) is 0 Å². The highest BCUT2D eigenvalue weighted by atomic mass is 32.1. The zero-order chi connectivity index (χ0) is 13.2. The molecule has 7 heteroatoms. The van der Waals surface area contributed by atoms with Crippen molar-refractivity contribution in [3.8, 4) is 0 Å². The maximum atomic E-state index is 11.8. The van der Waals surface area contributed by atoms with Crippen LogP contribution in [-0.2, 0) is 9.59 Å². The van der Waals surface area contributed by atoms with Gasteiger partial charge >= 0.3 is 5.97 Å². The first-order valence-electron chi connectivity index (χ1n) is 5.70. The van der Waals surface area contributed by atoms with Crippen molar-refractivity contribution in [3.63, 3.8) is 0 Å². The normalized spacial score (nSPS) is 24.1. The number of hydrogen-bond acceptors (Lipinski definition) is 5. The van der Waals surface area contributed by atoms with Crippen molar-refractivity contribution in [2.75, 3.05) is 18.4 Å². The summed E-state index contributed by atoms with van der Waals surface area (Å²) in [5.41, 5.74) is -0.930. The molecule has 1 aromatic heterocycles. The minimum absolute atomic E-state index is 0.0857. The molecule has 1 unspecified atom stereocenters. The number of anilines is 1. The molecule has 1 aromatic rings. The van der Waals surface area contributed by atoms with Gasteiger partial charge in [0.2, 0.25) is 5.91 Å². The highest BCUT2D eigenvalue weighted by molar-refractivity contribution is 7.13. The molecule has 0 radical (unpaired) electrons. The Morgan fingerprint density at radius 2 is 2.44 bits per heavy atom. The van der Waals surface area contributed by atoms with Crippen LogP contribution in [0.5, 0.6) is 0 Å². The van der Waals surface area contributed by atoms with Crippen LogP contribution in [0.15, 0.2) is 11.6 Å². The highest BCUT2D eigenvalue weighted by Gasteiger charge is 2.43. The number of hydrogen-bond donors (Lipinski definition) is 2. The molecule has 18 heavy (non-hydrogen) atoms. The van der Waals surface area contributed by atoms with Crippen molar-refractivity contribution in [3.05, 3.63) is 11.6 Å². The Bertz CT molecular complexity index is 448. The van der Waals surface area contributed by atoms with E-state index in [2.05, 4.69) is 10.3 Å². The SMILES string of the molecule is CC1(C(=O)O)CCCN1CC(=O)Nc1nccs1. The fraction of sp³-hybridized carbons (Fsp3) is 0.545. The highest BCUT2D eigenvalue weighted by Crippen LogP contribution is 2.28. The molecular weight excluding hydrogens is 254 g/mol. The van der Waals surface area contributed by atoms with Crippen molar-refractivity contribution in [1.29, 1.82) is 0 Å². The van der Waals surface area contributed by atoms with E-state index in [1.165, 1.54) is 11.3 Å². The molecule has 6 nitrogen and oxygen atoms in total. The summed E-state index contributed by atoms with van der Waals surface area (Å²) in [6.45, 7) is 2.38. The molecule has 98 valence electrons. The van der Waals surface area contributed by atoms with Crippen LogP contribution in [0.25, 0.3) is 0 Å². The van der Waals surface area contributed by atoms with E-state index in [1.54, 1.807) is 23.4 Å². The van der Waals surface area contributed by atoms with Gasteiger partial charge in [0.1, 0.15) is 5.54 Å². The topological polar surface area (TPSA) is 82.5 Å². The predicted molar refractivity (Wildman–Crippen MR) is 67.6 cm³/mol. The van der Waals surface area contributed by atoms with Gasteiger partial charge in [0.15, 0.2) is 5.13 Å². The number of amides is 1. The average Bonchev–Trinajstić information content (AvgIpc) is 2.90. The molecule has 0 bridgehead atoms. The molecule has 0 aromatic carbocycles. The fourth-order valence-electron chi connectivity index (χ4n) is 2.13. The Labute approximate surface area is 109 Å². The van der Waals surface area contributed by atoms with Crippen LogP contribution < -0.4 is 5.32 Å². The Hall–Kier alpha value is -1.47. The number of aromatic nitrogens is 1. The summed E-state index contributed by atoms with van der Waals surface area (Å²) in [5, 5.41) is 14.2. The van der Waals surface area contributed by atoms with Gasteiger partial charge in [0.25, 0.3) is 0 Å². The molecule has 1 aliphatic rings. The first-order valence-corrected chi connectivity index (χ1v) is 6.58. The second kappa shape index (κ2) is 5.03. The van der Waals surface area contributed by atoms with E-state index < -0.39 is 11.5 Å². The molecule has 0 spiro atoms. The molecule has 1 saturated heterocycles. The zero-order valence-electron chi connectivity index (χ0n) is 10.0. The van der Waals surface area contributed by atoms with E-state index in [-0.39, 0.29) is 12.5 Å². The van der Waals surface area contributed by atoms with Gasteiger partial charge < -0.3 is 10.4 Å². The van der Waals surface area contributed by atoms with E-state index in [0.29, 0.717) is 18.1 Å². The van der Waals surface area contributed by atoms with Crippen LogP contribution in [0.2, 0.25) is 0 Å². The molecule has 1 amide bonds. The Morgan fingerprint density at radius 3 is 3.06 bits per heavy atom. The Balaban J connectivity index is 1.96. The molecule has 2 N–H and O–H groups in total. The van der Waals surface area contributed by atoms with Crippen LogP contribution in [0.4, 0.5) is 5.13 Å². The summed E-state index contributed by atoms with van der Waals surface area (Å²) in [5.74, 6) is -1.10. The summed E-state index contributed by atoms with van der Waals surface area (Å²) in [6.07, 6.45) is 2.98. The standard InChI is InChI=1S/C11H15N3O3S/c1-11(9(16)17)3-2-5-14(11)7-8(15)13-10-12-4-6-18-10/h4,6H,2-3,5,7H2,1H3,(H,16,17)(H,12,13,15). The van der Waals surface area contributed by atoms with Crippen molar-refractivity contribution in [2.24, 2.45) is 0 Å². The second-order valence-electron chi connectivity index (χ2n) is 4.49. The van der Waals surface area contributed by atoms with Crippen LogP contribution in [-0.4, -0.2) is 45.5 Å². The maximum Gasteiger partial charge on any atom is 0.323 e. The summed E-state index contributed by atoms with van der Waals surface area (Å²) in [6, 6.07) is 0. The minimum Gasteiger partial charge on any atom is -0.480 e. The maximum absolute atomic E-state index is 11.8. The van der Waals surface area contributed by atoms with E-state index in [1.807, 2.05) is 0 Å². The lowest BCUT2D eigenvalue weighted by Gasteiger charge is -2.30. The minimum atomic E-state index is -0.930. The first kappa shape index (κ1) is 13.0. The van der Waals surface area contributed by atoms with E-state index in [9.17, 15) is 14.7 Å². The number of carbonyl (C=O) groups is 2. The fourth-order valence-corrected chi connectivity index (χ4v) is 2.68. The van der Waals surface area contributed by atoms with Crippen molar-refractivity contribution >= 4 is 28.3 Å². The zero-order valence-corrected chi connectivity index (χ0v) is 10.9. The van der Waals surface area contributed by atoms with Crippen molar-refractivity contribution < 1.29 is 14.7 Å². The average molecular weight is 269 g/mol. The van der Waals surface area contributed by atoms with E-state index in [4.69, 9.17) is 0 Å². The molecular formula is C11H15N3O3S. The molecule has 1 fully saturated rings. The van der Waals surface area contributed by atoms with Crippen LogP contribution in [0, 0.1) is 0 Å². The number of carboxylic acids is 1. The quantitative estimate of drug-likeness (QED) is 0.852. The Morgan fingerprint density at radius 1 is 1.67 bits per heavy atom. The number of nitrogens with one attached hydrogen (secondary N) is 1.